The molecule has 16 heavy (non-hydrogen) atoms. The Balaban J connectivity index is 0.000000293. The van der Waals surface area contributed by atoms with Crippen LogP contribution in [0.15, 0.2) is 24.5 Å². The van der Waals surface area contributed by atoms with Crippen molar-refractivity contribution in [1.82, 2.24) is 4.98 Å². The number of hydrogen-bond donors (Lipinski definition) is 2. The van der Waals surface area contributed by atoms with Gasteiger partial charge in [0.05, 0.1) is 12.7 Å². The van der Waals surface area contributed by atoms with E-state index in [0.29, 0.717) is 0 Å². The molecule has 1 rings (SSSR count). The average molecular weight is 227 g/mol. The van der Waals surface area contributed by atoms with Gasteiger partial charge < -0.3 is 14.9 Å². The van der Waals surface area contributed by atoms with Crippen LogP contribution in [0.5, 0.6) is 0 Å². The van der Waals surface area contributed by atoms with Crippen molar-refractivity contribution in [2.75, 3.05) is 7.11 Å². The highest BCUT2D eigenvalue weighted by molar-refractivity contribution is 5.86. The Morgan fingerprint density at radius 3 is 2.31 bits per heavy atom. The van der Waals surface area contributed by atoms with Gasteiger partial charge in [0.2, 0.25) is 0 Å². The Kier molecular flexibility index (Phi) is 6.46. The van der Waals surface area contributed by atoms with Crippen molar-refractivity contribution in [3.05, 3.63) is 30.1 Å². The highest BCUT2D eigenvalue weighted by atomic mass is 16.5. The average Bonchev–Trinajstić information content (AvgIpc) is 2.29. The normalized spacial score (nSPS) is 10.7. The Morgan fingerprint density at radius 1 is 1.50 bits per heavy atom. The van der Waals surface area contributed by atoms with Crippen LogP contribution >= 0.6 is 0 Å². The van der Waals surface area contributed by atoms with Gasteiger partial charge >= 0.3 is 11.9 Å². The third kappa shape index (κ3) is 5.71. The number of pyridine rings is 1. The maximum Gasteiger partial charge on any atom is 0.337 e. The highest BCUT2D eigenvalue weighted by Crippen LogP contribution is 1.92. The molecule has 0 amide bonds. The molecule has 0 aliphatic carbocycles. The van der Waals surface area contributed by atoms with Crippen molar-refractivity contribution in [3.63, 3.8) is 0 Å². The molecule has 1 aromatic heterocycles. The van der Waals surface area contributed by atoms with Gasteiger partial charge in [-0.3, -0.25) is 4.98 Å². The summed E-state index contributed by atoms with van der Waals surface area (Å²) in [6, 6.07) is 3.08. The van der Waals surface area contributed by atoms with Crippen LogP contribution in [0, 0.1) is 0 Å². The van der Waals surface area contributed by atoms with Crippen molar-refractivity contribution in [1.29, 1.82) is 0 Å². The summed E-state index contributed by atoms with van der Waals surface area (Å²) in [5, 5.41) is 16.7. The molecule has 1 heterocycles. The molecule has 0 aromatic carbocycles. The fourth-order valence-corrected chi connectivity index (χ4v) is 0.660. The van der Waals surface area contributed by atoms with Gasteiger partial charge in [-0.15, -0.1) is 0 Å². The van der Waals surface area contributed by atoms with Crippen LogP contribution in [0.25, 0.3) is 0 Å². The number of methoxy groups -OCH3 is 1. The molecule has 0 aliphatic heterocycles. The molecule has 1 atom stereocenters. The van der Waals surface area contributed by atoms with E-state index in [1.165, 1.54) is 32.5 Å². The molecule has 0 saturated heterocycles. The lowest BCUT2D eigenvalue weighted by Crippen LogP contribution is -2.16. The van der Waals surface area contributed by atoms with Gasteiger partial charge in [0.1, 0.15) is 6.10 Å². The minimum atomic E-state index is -0.995. The molecule has 1 aromatic rings. The molecule has 6 nitrogen and oxygen atoms in total. The second-order valence-corrected chi connectivity index (χ2v) is 2.75. The first-order valence-electron chi connectivity index (χ1n) is 4.38. The van der Waals surface area contributed by atoms with Gasteiger partial charge in [0.25, 0.3) is 0 Å². The molecule has 2 N–H and O–H groups in total. The van der Waals surface area contributed by atoms with E-state index in [1.54, 1.807) is 6.07 Å². The molecular formula is C10H13NO5. The van der Waals surface area contributed by atoms with Gasteiger partial charge in [-0.25, -0.2) is 9.59 Å². The van der Waals surface area contributed by atoms with E-state index in [2.05, 4.69) is 9.72 Å². The Hall–Kier alpha value is -1.95. The van der Waals surface area contributed by atoms with Gasteiger partial charge in [-0.2, -0.15) is 0 Å². The standard InChI is InChI=1S/C6H5NO2.C4H8O3/c8-6(9)5-2-1-3-7-4-5;1-3(5)4(6)7-2/h1-4H,(H,8,9);3,5H,1-2H3. The minimum absolute atomic E-state index is 0.220. The number of carboxylic acids is 1. The molecular weight excluding hydrogens is 214 g/mol. The number of ether oxygens (including phenoxy) is 1. The highest BCUT2D eigenvalue weighted by Gasteiger charge is 2.05. The minimum Gasteiger partial charge on any atom is -0.478 e. The summed E-state index contributed by atoms with van der Waals surface area (Å²) in [4.78, 5) is 23.8. The lowest BCUT2D eigenvalue weighted by molar-refractivity contribution is -0.149. The van der Waals surface area contributed by atoms with Crippen LogP contribution in [0.3, 0.4) is 0 Å². The number of esters is 1. The number of carbonyl (C=O) groups is 2. The zero-order valence-corrected chi connectivity index (χ0v) is 8.95. The monoisotopic (exact) mass is 227 g/mol. The van der Waals surface area contributed by atoms with Crippen LogP contribution < -0.4 is 0 Å². The Bertz CT molecular complexity index is 336. The first-order valence-corrected chi connectivity index (χ1v) is 4.38. The summed E-state index contributed by atoms with van der Waals surface area (Å²) in [6.07, 6.45) is 1.85. The predicted molar refractivity (Wildman–Crippen MR) is 54.9 cm³/mol. The van der Waals surface area contributed by atoms with E-state index < -0.39 is 18.0 Å². The van der Waals surface area contributed by atoms with Gasteiger partial charge in [0.15, 0.2) is 0 Å². The summed E-state index contributed by atoms with van der Waals surface area (Å²) in [5.41, 5.74) is 0.220. The Labute approximate surface area is 92.5 Å². The molecule has 88 valence electrons. The molecule has 6 heteroatoms. The van der Waals surface area contributed by atoms with Crippen LogP contribution in [0.2, 0.25) is 0 Å². The van der Waals surface area contributed by atoms with Gasteiger partial charge in [-0.1, -0.05) is 0 Å². The molecule has 0 aliphatic rings. The molecule has 0 spiro atoms. The summed E-state index contributed by atoms with van der Waals surface area (Å²) >= 11 is 0. The van der Waals surface area contributed by atoms with E-state index >= 15 is 0 Å². The lowest BCUT2D eigenvalue weighted by Gasteiger charge is -1.97. The number of rotatable bonds is 2. The summed E-state index contributed by atoms with van der Waals surface area (Å²) in [5.74, 6) is -1.54. The van der Waals surface area contributed by atoms with E-state index in [9.17, 15) is 9.59 Å². The quantitative estimate of drug-likeness (QED) is 0.706. The zero-order valence-electron chi connectivity index (χ0n) is 8.95. The van der Waals surface area contributed by atoms with Gasteiger partial charge in [-0.05, 0) is 19.1 Å². The first-order chi connectivity index (χ1) is 7.49. The van der Waals surface area contributed by atoms with Crippen LogP contribution in [-0.4, -0.2) is 40.3 Å². The third-order valence-corrected chi connectivity index (χ3v) is 1.45. The number of nitrogens with zero attached hydrogens (tertiary/aromatic N) is 1. The SMILES string of the molecule is COC(=O)C(C)O.O=C(O)c1cccnc1. The Morgan fingerprint density at radius 2 is 2.12 bits per heavy atom. The molecule has 0 saturated carbocycles. The number of carboxylic acid groups (broad SMARTS) is 1. The largest absolute Gasteiger partial charge is 0.478 e. The van der Waals surface area contributed by atoms with E-state index in [-0.39, 0.29) is 5.56 Å². The third-order valence-electron chi connectivity index (χ3n) is 1.45. The van der Waals surface area contributed by atoms with E-state index in [4.69, 9.17) is 10.2 Å². The molecule has 0 fully saturated rings. The first kappa shape index (κ1) is 14.1. The summed E-state index contributed by atoms with van der Waals surface area (Å²) in [7, 11) is 1.23. The number of aromatic carboxylic acids is 1. The maximum atomic E-state index is 10.2. The topological polar surface area (TPSA) is 96.7 Å². The van der Waals surface area contributed by atoms with Crippen LogP contribution in [0.1, 0.15) is 17.3 Å². The van der Waals surface area contributed by atoms with Crippen molar-refractivity contribution >= 4 is 11.9 Å². The van der Waals surface area contributed by atoms with E-state index in [0.717, 1.165) is 0 Å². The smallest absolute Gasteiger partial charge is 0.337 e. The second kappa shape index (κ2) is 7.36. The van der Waals surface area contributed by atoms with E-state index in [1.807, 2.05) is 0 Å². The summed E-state index contributed by atoms with van der Waals surface area (Å²) < 4.78 is 4.12. The van der Waals surface area contributed by atoms with Crippen molar-refractivity contribution < 1.29 is 24.5 Å². The maximum absolute atomic E-state index is 10.2. The fourth-order valence-electron chi connectivity index (χ4n) is 0.660. The number of carbonyl (C=O) groups excluding carboxylic acids is 1. The zero-order chi connectivity index (χ0) is 12.6. The molecule has 0 bridgehead atoms. The summed E-state index contributed by atoms with van der Waals surface area (Å²) in [6.45, 7) is 1.35. The number of hydrogen-bond acceptors (Lipinski definition) is 5. The molecule has 1 unspecified atom stereocenters. The number of aliphatic hydroxyl groups excluding tert-OH is 1. The number of aliphatic hydroxyl groups is 1. The lowest BCUT2D eigenvalue weighted by atomic mass is 10.3. The van der Waals surface area contributed by atoms with Crippen molar-refractivity contribution in [2.45, 2.75) is 13.0 Å². The number of aromatic nitrogens is 1. The molecule has 0 radical (unpaired) electrons. The van der Waals surface area contributed by atoms with Crippen LogP contribution in [0.4, 0.5) is 0 Å². The fraction of sp³-hybridized carbons (Fsp3) is 0.300. The van der Waals surface area contributed by atoms with Crippen molar-refractivity contribution in [2.24, 2.45) is 0 Å². The van der Waals surface area contributed by atoms with Gasteiger partial charge in [0, 0.05) is 12.4 Å². The second-order valence-electron chi connectivity index (χ2n) is 2.75. The van der Waals surface area contributed by atoms with Crippen LogP contribution in [-0.2, 0) is 9.53 Å². The predicted octanol–water partition coefficient (Wildman–Crippen LogP) is 0.320. The van der Waals surface area contributed by atoms with Crippen molar-refractivity contribution in [3.8, 4) is 0 Å².